The van der Waals surface area contributed by atoms with Crippen LogP contribution in [0.5, 0.6) is 0 Å². The van der Waals surface area contributed by atoms with Crippen LogP contribution in [-0.2, 0) is 6.42 Å². The van der Waals surface area contributed by atoms with Gasteiger partial charge in [-0.3, -0.25) is 4.79 Å². The number of para-hydroxylation sites is 1. The van der Waals surface area contributed by atoms with Crippen LogP contribution < -0.4 is 10.2 Å². The van der Waals surface area contributed by atoms with Gasteiger partial charge < -0.3 is 10.2 Å². The Bertz CT molecular complexity index is 944. The molecule has 1 N–H and O–H groups in total. The molecule has 25 heavy (non-hydrogen) atoms. The lowest BCUT2D eigenvalue weighted by atomic mass is 10.2. The Morgan fingerprint density at radius 2 is 2.00 bits per heavy atom. The number of benzene rings is 2. The number of nitrogens with one attached hydrogen (secondary N) is 1. The average Bonchev–Trinajstić information content (AvgIpc) is 3.06. The molecule has 0 unspecified atom stereocenters. The van der Waals surface area contributed by atoms with Crippen LogP contribution in [0.25, 0.3) is 0 Å². The van der Waals surface area contributed by atoms with Crippen molar-refractivity contribution >= 4 is 39.2 Å². The number of nitrogens with zero attached hydrogens (tertiary/aromatic N) is 3. The fourth-order valence-electron chi connectivity index (χ4n) is 2.91. The van der Waals surface area contributed by atoms with Crippen LogP contribution >= 0.6 is 15.9 Å². The summed E-state index contributed by atoms with van der Waals surface area (Å²) in [5.41, 5.74) is 3.43. The number of hydrogen-bond acceptors (Lipinski definition) is 4. The minimum absolute atomic E-state index is 0.255. The van der Waals surface area contributed by atoms with Gasteiger partial charge in [-0.1, -0.05) is 40.2 Å². The maximum Gasteiger partial charge on any atom is 0.274 e. The molecule has 6 heteroatoms. The largest absolute Gasteiger partial charge is 0.321 e. The molecule has 0 spiro atoms. The molecule has 2 heterocycles. The Morgan fingerprint density at radius 3 is 2.88 bits per heavy atom. The number of carbonyl (C=O) groups excluding carboxylic acids is 1. The van der Waals surface area contributed by atoms with E-state index < -0.39 is 0 Å². The molecule has 0 fully saturated rings. The second-order valence-electron chi connectivity index (χ2n) is 5.74. The minimum atomic E-state index is -0.255. The molecule has 2 aromatic carbocycles. The zero-order valence-electron chi connectivity index (χ0n) is 13.3. The maximum absolute atomic E-state index is 12.5. The maximum atomic E-state index is 12.5. The number of aromatic nitrogens is 2. The molecule has 4 rings (SSSR count). The van der Waals surface area contributed by atoms with E-state index in [0.717, 1.165) is 23.1 Å². The summed E-state index contributed by atoms with van der Waals surface area (Å²) in [7, 11) is 0. The third-order valence-electron chi connectivity index (χ3n) is 4.09. The fraction of sp³-hybridized carbons (Fsp3) is 0.105. The van der Waals surface area contributed by atoms with E-state index in [9.17, 15) is 4.79 Å². The highest BCUT2D eigenvalue weighted by atomic mass is 79.9. The number of carbonyl (C=O) groups is 1. The molecular formula is C19H15BrN4O. The zero-order chi connectivity index (χ0) is 17.2. The van der Waals surface area contributed by atoms with Crippen LogP contribution in [0.15, 0.2) is 65.3 Å². The van der Waals surface area contributed by atoms with Gasteiger partial charge in [0.15, 0.2) is 0 Å². The highest BCUT2D eigenvalue weighted by Crippen LogP contribution is 2.32. The first-order chi connectivity index (χ1) is 12.2. The molecule has 1 aliphatic rings. The SMILES string of the molecule is O=C(Nc1cccc(Br)c1)c1ccnc(N2CCc3ccccc32)n1. The van der Waals surface area contributed by atoms with E-state index in [0.29, 0.717) is 17.3 Å². The molecule has 1 aliphatic heterocycles. The molecule has 0 radical (unpaired) electrons. The monoisotopic (exact) mass is 394 g/mol. The molecule has 124 valence electrons. The Labute approximate surface area is 153 Å². The van der Waals surface area contributed by atoms with Gasteiger partial charge in [-0.2, -0.15) is 0 Å². The van der Waals surface area contributed by atoms with Crippen LogP contribution in [0.3, 0.4) is 0 Å². The second kappa shape index (κ2) is 6.64. The standard InChI is InChI=1S/C19H15BrN4O/c20-14-5-3-6-15(12-14)22-18(25)16-8-10-21-19(23-16)24-11-9-13-4-1-2-7-17(13)24/h1-8,10,12H,9,11H2,(H,22,25). The first-order valence-electron chi connectivity index (χ1n) is 7.96. The van der Waals surface area contributed by atoms with E-state index >= 15 is 0 Å². The van der Waals surface area contributed by atoms with Crippen LogP contribution in [-0.4, -0.2) is 22.4 Å². The van der Waals surface area contributed by atoms with E-state index in [2.05, 4.69) is 43.3 Å². The van der Waals surface area contributed by atoms with Crippen molar-refractivity contribution in [2.24, 2.45) is 0 Å². The Morgan fingerprint density at radius 1 is 1.12 bits per heavy atom. The molecule has 0 aliphatic carbocycles. The molecule has 0 saturated heterocycles. The number of fused-ring (bicyclic) bond motifs is 1. The topological polar surface area (TPSA) is 58.1 Å². The van der Waals surface area contributed by atoms with Crippen LogP contribution in [0, 0.1) is 0 Å². The van der Waals surface area contributed by atoms with Crippen molar-refractivity contribution in [2.45, 2.75) is 6.42 Å². The van der Waals surface area contributed by atoms with Crippen molar-refractivity contribution in [1.29, 1.82) is 0 Å². The summed E-state index contributed by atoms with van der Waals surface area (Å²) in [5.74, 6) is 0.293. The Balaban J connectivity index is 1.59. The van der Waals surface area contributed by atoms with Gasteiger partial charge in [0.2, 0.25) is 5.95 Å². The van der Waals surface area contributed by atoms with Crippen molar-refractivity contribution in [3.63, 3.8) is 0 Å². The quantitative estimate of drug-likeness (QED) is 0.723. The van der Waals surface area contributed by atoms with Crippen molar-refractivity contribution in [3.05, 3.63) is 76.5 Å². The van der Waals surface area contributed by atoms with E-state index in [1.807, 2.05) is 41.3 Å². The Kier molecular flexibility index (Phi) is 4.19. The fourth-order valence-corrected chi connectivity index (χ4v) is 3.31. The lowest BCUT2D eigenvalue weighted by molar-refractivity contribution is 0.102. The van der Waals surface area contributed by atoms with Gasteiger partial charge in [-0.15, -0.1) is 0 Å². The predicted molar refractivity (Wildman–Crippen MR) is 101 cm³/mol. The van der Waals surface area contributed by atoms with Crippen LogP contribution in [0.2, 0.25) is 0 Å². The molecule has 1 aromatic heterocycles. The van der Waals surface area contributed by atoms with E-state index in [1.165, 1.54) is 5.56 Å². The lowest BCUT2D eigenvalue weighted by Gasteiger charge is -2.17. The summed E-state index contributed by atoms with van der Waals surface area (Å²) in [6.45, 7) is 0.816. The average molecular weight is 395 g/mol. The number of halogens is 1. The smallest absolute Gasteiger partial charge is 0.274 e. The summed E-state index contributed by atoms with van der Waals surface area (Å²) < 4.78 is 0.905. The molecule has 5 nitrogen and oxygen atoms in total. The summed E-state index contributed by atoms with van der Waals surface area (Å²) >= 11 is 3.40. The second-order valence-corrected chi connectivity index (χ2v) is 6.65. The first-order valence-corrected chi connectivity index (χ1v) is 8.75. The van der Waals surface area contributed by atoms with Gasteiger partial charge in [0.1, 0.15) is 5.69 Å². The summed E-state index contributed by atoms with van der Waals surface area (Å²) in [5, 5.41) is 2.86. The van der Waals surface area contributed by atoms with Gasteiger partial charge in [-0.05, 0) is 42.3 Å². The number of rotatable bonds is 3. The number of hydrogen-bond donors (Lipinski definition) is 1. The summed E-state index contributed by atoms with van der Waals surface area (Å²) in [4.78, 5) is 23.4. The van der Waals surface area contributed by atoms with E-state index in [1.54, 1.807) is 12.3 Å². The number of anilines is 3. The van der Waals surface area contributed by atoms with Gasteiger partial charge in [0.05, 0.1) is 0 Å². The van der Waals surface area contributed by atoms with Gasteiger partial charge in [-0.25, -0.2) is 9.97 Å². The van der Waals surface area contributed by atoms with Gasteiger partial charge in [0, 0.05) is 28.6 Å². The third-order valence-corrected chi connectivity index (χ3v) is 4.58. The summed E-state index contributed by atoms with van der Waals surface area (Å²) in [6.07, 6.45) is 2.58. The molecule has 3 aromatic rings. The van der Waals surface area contributed by atoms with Crippen molar-refractivity contribution in [1.82, 2.24) is 9.97 Å². The highest BCUT2D eigenvalue weighted by Gasteiger charge is 2.22. The first kappa shape index (κ1) is 15.8. The van der Waals surface area contributed by atoms with E-state index in [-0.39, 0.29) is 5.91 Å². The van der Waals surface area contributed by atoms with Crippen molar-refractivity contribution in [3.8, 4) is 0 Å². The molecule has 0 saturated carbocycles. The van der Waals surface area contributed by atoms with Crippen molar-refractivity contribution < 1.29 is 4.79 Å². The molecular weight excluding hydrogens is 380 g/mol. The molecule has 0 bridgehead atoms. The zero-order valence-corrected chi connectivity index (χ0v) is 14.9. The van der Waals surface area contributed by atoms with E-state index in [4.69, 9.17) is 0 Å². The highest BCUT2D eigenvalue weighted by molar-refractivity contribution is 9.10. The van der Waals surface area contributed by atoms with Crippen molar-refractivity contribution in [2.75, 3.05) is 16.8 Å². The molecule has 0 atom stereocenters. The van der Waals surface area contributed by atoms with Gasteiger partial charge >= 0.3 is 0 Å². The normalized spacial score (nSPS) is 12.8. The summed E-state index contributed by atoms with van der Waals surface area (Å²) in [6, 6.07) is 17.3. The third kappa shape index (κ3) is 3.25. The van der Waals surface area contributed by atoms with Gasteiger partial charge in [0.25, 0.3) is 5.91 Å². The molecule has 1 amide bonds. The minimum Gasteiger partial charge on any atom is -0.321 e. The predicted octanol–water partition coefficient (Wildman–Crippen LogP) is 4.19. The van der Waals surface area contributed by atoms with Crippen LogP contribution in [0.4, 0.5) is 17.3 Å². The van der Waals surface area contributed by atoms with Crippen LogP contribution in [0.1, 0.15) is 16.1 Å². The number of amides is 1. The Hall–Kier alpha value is -2.73. The lowest BCUT2D eigenvalue weighted by Crippen LogP contribution is -2.20.